The molecule has 0 saturated heterocycles. The largest absolute Gasteiger partial charge is 0.465 e. The van der Waals surface area contributed by atoms with Gasteiger partial charge in [-0.1, -0.05) is 16.8 Å². The highest BCUT2D eigenvalue weighted by molar-refractivity contribution is 6.33. The number of amides is 1. The van der Waals surface area contributed by atoms with Gasteiger partial charge in [0.1, 0.15) is 0 Å². The monoisotopic (exact) mass is 238 g/mol. The molecule has 1 amide bonds. The minimum absolute atomic E-state index is 0.392. The summed E-state index contributed by atoms with van der Waals surface area (Å²) >= 11 is 5.98. The van der Waals surface area contributed by atoms with Gasteiger partial charge in [-0.15, -0.1) is 0 Å². The fraction of sp³-hybridized carbons (Fsp3) is 0. The molecule has 0 fully saturated rings. The normalized spacial score (nSPS) is 10.1. The average Bonchev–Trinajstić information content (AvgIpc) is 2.69. The Kier molecular flexibility index (Phi) is 2.78. The van der Waals surface area contributed by atoms with Crippen molar-refractivity contribution in [2.24, 2.45) is 0 Å². The van der Waals surface area contributed by atoms with Crippen LogP contribution >= 0.6 is 11.6 Å². The lowest BCUT2D eigenvalue weighted by atomic mass is 10.1. The third-order valence-corrected chi connectivity index (χ3v) is 2.24. The predicted molar refractivity (Wildman–Crippen MR) is 58.6 cm³/mol. The SMILES string of the molecule is O=C(O)Nc1ccc(-c2ccno2)c(Cl)c1. The second kappa shape index (κ2) is 4.24. The van der Waals surface area contributed by atoms with Crippen molar-refractivity contribution in [1.29, 1.82) is 0 Å². The van der Waals surface area contributed by atoms with Crippen molar-refractivity contribution in [2.75, 3.05) is 5.32 Å². The van der Waals surface area contributed by atoms with Gasteiger partial charge in [-0.25, -0.2) is 4.79 Å². The van der Waals surface area contributed by atoms with Crippen LogP contribution in [0.1, 0.15) is 0 Å². The first-order valence-corrected chi connectivity index (χ1v) is 4.75. The molecule has 82 valence electrons. The summed E-state index contributed by atoms with van der Waals surface area (Å²) in [5, 5.41) is 14.7. The van der Waals surface area contributed by atoms with E-state index in [0.717, 1.165) is 0 Å². The summed E-state index contributed by atoms with van der Waals surface area (Å²) in [6.07, 6.45) is 0.373. The molecule has 1 heterocycles. The molecule has 0 aliphatic rings. The van der Waals surface area contributed by atoms with Gasteiger partial charge in [-0.05, 0) is 18.2 Å². The Balaban J connectivity index is 2.34. The molecule has 0 saturated carbocycles. The molecule has 6 heteroatoms. The molecule has 1 aromatic heterocycles. The van der Waals surface area contributed by atoms with E-state index in [0.29, 0.717) is 22.0 Å². The maximum atomic E-state index is 10.4. The molecule has 0 atom stereocenters. The summed E-state index contributed by atoms with van der Waals surface area (Å²) in [4.78, 5) is 10.4. The first-order chi connectivity index (χ1) is 7.66. The lowest BCUT2D eigenvalue weighted by Crippen LogP contribution is -2.06. The van der Waals surface area contributed by atoms with Crippen molar-refractivity contribution in [2.45, 2.75) is 0 Å². The Morgan fingerprint density at radius 1 is 1.44 bits per heavy atom. The predicted octanol–water partition coefficient (Wildman–Crippen LogP) is 3.08. The smallest absolute Gasteiger partial charge is 0.409 e. The molecule has 0 radical (unpaired) electrons. The number of anilines is 1. The number of hydrogen-bond acceptors (Lipinski definition) is 3. The molecule has 0 aliphatic carbocycles. The van der Waals surface area contributed by atoms with Gasteiger partial charge >= 0.3 is 6.09 Å². The summed E-state index contributed by atoms with van der Waals surface area (Å²) in [6, 6.07) is 6.44. The Bertz CT molecular complexity index is 511. The van der Waals surface area contributed by atoms with Crippen LogP contribution in [0.3, 0.4) is 0 Å². The fourth-order valence-electron chi connectivity index (χ4n) is 1.27. The molecule has 5 nitrogen and oxygen atoms in total. The van der Waals surface area contributed by atoms with Gasteiger partial charge in [-0.3, -0.25) is 5.32 Å². The molecule has 0 aliphatic heterocycles. The van der Waals surface area contributed by atoms with Gasteiger partial charge in [0.25, 0.3) is 0 Å². The number of carbonyl (C=O) groups is 1. The van der Waals surface area contributed by atoms with E-state index in [-0.39, 0.29) is 0 Å². The van der Waals surface area contributed by atoms with Crippen molar-refractivity contribution in [3.8, 4) is 11.3 Å². The molecule has 16 heavy (non-hydrogen) atoms. The molecule has 1 aromatic carbocycles. The van der Waals surface area contributed by atoms with Crippen LogP contribution in [0.4, 0.5) is 10.5 Å². The summed E-state index contributed by atoms with van der Waals surface area (Å²) < 4.78 is 4.95. The van der Waals surface area contributed by atoms with E-state index in [2.05, 4.69) is 10.5 Å². The van der Waals surface area contributed by atoms with Gasteiger partial charge in [0.15, 0.2) is 5.76 Å². The van der Waals surface area contributed by atoms with E-state index in [4.69, 9.17) is 21.2 Å². The number of halogens is 1. The number of nitrogens with zero attached hydrogens (tertiary/aromatic N) is 1. The quantitative estimate of drug-likeness (QED) is 0.843. The van der Waals surface area contributed by atoms with Crippen molar-refractivity contribution >= 4 is 23.4 Å². The van der Waals surface area contributed by atoms with Crippen molar-refractivity contribution in [3.05, 3.63) is 35.5 Å². The second-order valence-corrected chi connectivity index (χ2v) is 3.41. The number of rotatable bonds is 2. The van der Waals surface area contributed by atoms with Crippen LogP contribution in [-0.2, 0) is 0 Å². The van der Waals surface area contributed by atoms with Crippen LogP contribution in [-0.4, -0.2) is 16.4 Å². The van der Waals surface area contributed by atoms with Crippen LogP contribution in [0.2, 0.25) is 5.02 Å². The van der Waals surface area contributed by atoms with Gasteiger partial charge < -0.3 is 9.63 Å². The van der Waals surface area contributed by atoms with Crippen molar-refractivity contribution < 1.29 is 14.4 Å². The zero-order chi connectivity index (χ0) is 11.5. The Hall–Kier alpha value is -2.01. The third kappa shape index (κ3) is 2.14. The maximum absolute atomic E-state index is 10.4. The zero-order valence-electron chi connectivity index (χ0n) is 7.98. The molecule has 0 bridgehead atoms. The van der Waals surface area contributed by atoms with Crippen molar-refractivity contribution in [1.82, 2.24) is 5.16 Å². The molecule has 2 rings (SSSR count). The van der Waals surface area contributed by atoms with E-state index < -0.39 is 6.09 Å². The van der Waals surface area contributed by atoms with Gasteiger partial charge in [0.05, 0.1) is 11.2 Å². The fourth-order valence-corrected chi connectivity index (χ4v) is 1.54. The minimum atomic E-state index is -1.14. The summed E-state index contributed by atoms with van der Waals surface area (Å²) in [5.74, 6) is 0.534. The van der Waals surface area contributed by atoms with Gasteiger partial charge in [0, 0.05) is 17.3 Å². The Morgan fingerprint density at radius 3 is 2.81 bits per heavy atom. The first-order valence-electron chi connectivity index (χ1n) is 4.37. The van der Waals surface area contributed by atoms with E-state index in [1.165, 1.54) is 12.3 Å². The van der Waals surface area contributed by atoms with E-state index in [9.17, 15) is 4.79 Å². The Morgan fingerprint density at radius 2 is 2.25 bits per heavy atom. The minimum Gasteiger partial charge on any atom is -0.465 e. The highest BCUT2D eigenvalue weighted by Gasteiger charge is 2.08. The molecule has 2 aromatic rings. The highest BCUT2D eigenvalue weighted by Crippen LogP contribution is 2.29. The molecular weight excluding hydrogens is 232 g/mol. The first kappa shape index (κ1) is 10.5. The van der Waals surface area contributed by atoms with Crippen LogP contribution in [0, 0.1) is 0 Å². The molecular formula is C10H7ClN2O3. The van der Waals surface area contributed by atoms with Crippen molar-refractivity contribution in [3.63, 3.8) is 0 Å². The number of benzene rings is 1. The third-order valence-electron chi connectivity index (χ3n) is 1.92. The summed E-state index contributed by atoms with van der Waals surface area (Å²) in [5.41, 5.74) is 1.07. The maximum Gasteiger partial charge on any atom is 0.409 e. The number of hydrogen-bond donors (Lipinski definition) is 2. The number of nitrogens with one attached hydrogen (secondary N) is 1. The van der Waals surface area contributed by atoms with Crippen LogP contribution < -0.4 is 5.32 Å². The van der Waals surface area contributed by atoms with Crippen LogP contribution in [0.15, 0.2) is 35.0 Å². The molecule has 0 unspecified atom stereocenters. The lowest BCUT2D eigenvalue weighted by Gasteiger charge is -2.04. The van der Waals surface area contributed by atoms with Gasteiger partial charge in [-0.2, -0.15) is 0 Å². The molecule has 0 spiro atoms. The highest BCUT2D eigenvalue weighted by atomic mass is 35.5. The number of carboxylic acid groups (broad SMARTS) is 1. The second-order valence-electron chi connectivity index (χ2n) is 3.00. The number of aromatic nitrogens is 1. The summed E-state index contributed by atoms with van der Waals surface area (Å²) in [7, 11) is 0. The molecule has 2 N–H and O–H groups in total. The standard InChI is InChI=1S/C10H7ClN2O3/c11-8-5-6(13-10(14)15)1-2-7(8)9-3-4-12-16-9/h1-5,13H,(H,14,15). The van der Waals surface area contributed by atoms with E-state index in [1.807, 2.05) is 0 Å². The van der Waals surface area contributed by atoms with E-state index in [1.54, 1.807) is 18.2 Å². The Labute approximate surface area is 95.6 Å². The zero-order valence-corrected chi connectivity index (χ0v) is 8.73. The van der Waals surface area contributed by atoms with Crippen LogP contribution in [0.25, 0.3) is 11.3 Å². The van der Waals surface area contributed by atoms with Gasteiger partial charge in [0.2, 0.25) is 0 Å². The van der Waals surface area contributed by atoms with Crippen LogP contribution in [0.5, 0.6) is 0 Å². The average molecular weight is 239 g/mol. The van der Waals surface area contributed by atoms with E-state index >= 15 is 0 Å². The lowest BCUT2D eigenvalue weighted by molar-refractivity contribution is 0.210. The summed E-state index contributed by atoms with van der Waals surface area (Å²) in [6.45, 7) is 0. The topological polar surface area (TPSA) is 75.4 Å².